The van der Waals surface area contributed by atoms with E-state index in [0.717, 1.165) is 23.4 Å². The van der Waals surface area contributed by atoms with Crippen molar-refractivity contribution in [3.8, 4) is 0 Å². The van der Waals surface area contributed by atoms with Gasteiger partial charge in [-0.3, -0.25) is 19.8 Å². The van der Waals surface area contributed by atoms with E-state index in [0.29, 0.717) is 32.6 Å². The highest BCUT2D eigenvalue weighted by molar-refractivity contribution is 5.82. The molecule has 1 N–H and O–H groups in total. The number of anilines is 1. The first kappa shape index (κ1) is 21.0. The molecule has 31 heavy (non-hydrogen) atoms. The van der Waals surface area contributed by atoms with Crippen molar-refractivity contribution >= 4 is 17.3 Å². The number of non-ortho nitro benzene ring substituents is 1. The molecular formula is C23H25FN4O3. The summed E-state index contributed by atoms with van der Waals surface area (Å²) in [6.07, 6.45) is 2.09. The van der Waals surface area contributed by atoms with Gasteiger partial charge in [-0.15, -0.1) is 6.58 Å². The van der Waals surface area contributed by atoms with E-state index in [1.54, 1.807) is 30.3 Å². The Balaban J connectivity index is 1.60. The van der Waals surface area contributed by atoms with E-state index >= 15 is 0 Å². The van der Waals surface area contributed by atoms with Gasteiger partial charge in [0.05, 0.1) is 16.9 Å². The number of nitrogens with zero attached hydrogens (tertiary/aromatic N) is 3. The van der Waals surface area contributed by atoms with E-state index in [-0.39, 0.29) is 29.4 Å². The lowest BCUT2D eigenvalue weighted by molar-refractivity contribution is -0.384. The van der Waals surface area contributed by atoms with E-state index in [1.165, 1.54) is 18.2 Å². The second-order valence-corrected chi connectivity index (χ2v) is 8.04. The summed E-state index contributed by atoms with van der Waals surface area (Å²) in [7, 11) is 0. The number of piperazine rings is 1. The summed E-state index contributed by atoms with van der Waals surface area (Å²) in [5.41, 5.74) is 2.85. The van der Waals surface area contributed by atoms with Crippen LogP contribution < -0.4 is 10.2 Å². The molecule has 1 fully saturated rings. The summed E-state index contributed by atoms with van der Waals surface area (Å²) in [4.78, 5) is 28.3. The Morgan fingerprint density at radius 3 is 2.74 bits per heavy atom. The summed E-state index contributed by atoms with van der Waals surface area (Å²) in [5.74, 6) is -0.660. The minimum Gasteiger partial charge on any atom is -0.365 e. The van der Waals surface area contributed by atoms with E-state index in [2.05, 4.69) is 21.7 Å². The molecule has 2 aliphatic heterocycles. The zero-order valence-corrected chi connectivity index (χ0v) is 17.2. The standard InChI is InChI=1S/C23H25FN4O3/c1-2-9-25-23(29)20-13-17-12-19(28(30)31)7-8-21(17)27-11-10-26(15-22(20)27)14-16-3-5-18(24)6-4-16/h2-8,12,20,22H,1,9-11,13-15H2,(H,25,29)/t20-,22+/m0/s1. The van der Waals surface area contributed by atoms with Crippen LogP contribution in [0.3, 0.4) is 0 Å². The minimum atomic E-state index is -0.403. The maximum atomic E-state index is 13.2. The smallest absolute Gasteiger partial charge is 0.269 e. The normalized spacial score (nSPS) is 20.5. The SMILES string of the molecule is C=CCNC(=O)[C@H]1Cc2cc([N+](=O)[O-])ccc2N2CCN(Cc3ccc(F)cc3)C[C@H]12. The molecular weight excluding hydrogens is 399 g/mol. The van der Waals surface area contributed by atoms with Gasteiger partial charge in [0, 0.05) is 50.5 Å². The summed E-state index contributed by atoms with van der Waals surface area (Å²) >= 11 is 0. The number of nitro groups is 1. The largest absolute Gasteiger partial charge is 0.365 e. The number of benzene rings is 2. The zero-order chi connectivity index (χ0) is 22.0. The molecule has 0 unspecified atom stereocenters. The topological polar surface area (TPSA) is 78.7 Å². The third-order valence-corrected chi connectivity index (χ3v) is 6.07. The minimum absolute atomic E-state index is 0.0393. The van der Waals surface area contributed by atoms with Crippen LogP contribution in [0.5, 0.6) is 0 Å². The van der Waals surface area contributed by atoms with Crippen molar-refractivity contribution < 1.29 is 14.1 Å². The fourth-order valence-electron chi connectivity index (χ4n) is 4.58. The summed E-state index contributed by atoms with van der Waals surface area (Å²) in [6, 6.07) is 11.4. The fourth-order valence-corrected chi connectivity index (χ4v) is 4.58. The second kappa shape index (κ2) is 8.85. The number of rotatable bonds is 6. The van der Waals surface area contributed by atoms with Crippen molar-refractivity contribution in [2.75, 3.05) is 31.1 Å². The first-order valence-electron chi connectivity index (χ1n) is 10.4. The number of fused-ring (bicyclic) bond motifs is 3. The van der Waals surface area contributed by atoms with Crippen molar-refractivity contribution in [3.05, 3.63) is 82.2 Å². The molecule has 2 aliphatic rings. The van der Waals surface area contributed by atoms with Crippen LogP contribution in [-0.4, -0.2) is 48.0 Å². The Labute approximate surface area is 180 Å². The Bertz CT molecular complexity index is 995. The number of carbonyl (C=O) groups is 1. The number of hydrogen-bond donors (Lipinski definition) is 1. The van der Waals surface area contributed by atoms with Crippen LogP contribution in [0.2, 0.25) is 0 Å². The van der Waals surface area contributed by atoms with E-state index in [1.807, 2.05) is 0 Å². The number of amides is 1. The van der Waals surface area contributed by atoms with Crippen LogP contribution >= 0.6 is 0 Å². The highest BCUT2D eigenvalue weighted by Gasteiger charge is 2.41. The van der Waals surface area contributed by atoms with E-state index in [9.17, 15) is 19.3 Å². The molecule has 0 aliphatic carbocycles. The van der Waals surface area contributed by atoms with E-state index in [4.69, 9.17) is 0 Å². The van der Waals surface area contributed by atoms with Gasteiger partial charge in [-0.1, -0.05) is 18.2 Å². The summed E-state index contributed by atoms with van der Waals surface area (Å²) in [5, 5.41) is 14.1. The number of nitrogens with one attached hydrogen (secondary N) is 1. The van der Waals surface area contributed by atoms with Gasteiger partial charge in [0.15, 0.2) is 0 Å². The molecule has 2 aromatic rings. The van der Waals surface area contributed by atoms with Gasteiger partial charge < -0.3 is 10.2 Å². The van der Waals surface area contributed by atoms with Crippen LogP contribution in [0, 0.1) is 21.8 Å². The first-order chi connectivity index (χ1) is 15.0. The summed E-state index contributed by atoms with van der Waals surface area (Å²) < 4.78 is 13.2. The number of hydrogen-bond acceptors (Lipinski definition) is 5. The first-order valence-corrected chi connectivity index (χ1v) is 10.4. The Hall–Kier alpha value is -3.26. The average molecular weight is 424 g/mol. The molecule has 162 valence electrons. The quantitative estimate of drug-likeness (QED) is 0.438. The molecule has 0 saturated carbocycles. The molecule has 0 spiro atoms. The van der Waals surface area contributed by atoms with E-state index < -0.39 is 4.92 Å². The van der Waals surface area contributed by atoms with Crippen molar-refractivity contribution in [2.24, 2.45) is 5.92 Å². The lowest BCUT2D eigenvalue weighted by Gasteiger charge is -2.49. The lowest BCUT2D eigenvalue weighted by atomic mass is 9.83. The van der Waals surface area contributed by atoms with Crippen LogP contribution in [0.4, 0.5) is 15.8 Å². The van der Waals surface area contributed by atoms with Gasteiger partial charge in [0.1, 0.15) is 5.82 Å². The summed E-state index contributed by atoms with van der Waals surface area (Å²) in [6.45, 7) is 6.89. The number of halogens is 1. The van der Waals surface area contributed by atoms with Gasteiger partial charge >= 0.3 is 0 Å². The van der Waals surface area contributed by atoms with Crippen LogP contribution in [-0.2, 0) is 17.8 Å². The van der Waals surface area contributed by atoms with Crippen molar-refractivity contribution in [1.82, 2.24) is 10.2 Å². The van der Waals surface area contributed by atoms with Gasteiger partial charge in [0.2, 0.25) is 5.91 Å². The number of nitro benzene ring substituents is 1. The molecule has 0 bridgehead atoms. The van der Waals surface area contributed by atoms with Crippen molar-refractivity contribution in [3.63, 3.8) is 0 Å². The van der Waals surface area contributed by atoms with Crippen LogP contribution in [0.15, 0.2) is 55.1 Å². The predicted molar refractivity (Wildman–Crippen MR) is 116 cm³/mol. The second-order valence-electron chi connectivity index (χ2n) is 8.04. The lowest BCUT2D eigenvalue weighted by Crippen LogP contribution is -2.60. The predicted octanol–water partition coefficient (Wildman–Crippen LogP) is 2.90. The molecule has 1 saturated heterocycles. The molecule has 0 aromatic heterocycles. The Morgan fingerprint density at radius 1 is 1.26 bits per heavy atom. The van der Waals surface area contributed by atoms with Gasteiger partial charge in [0.25, 0.3) is 5.69 Å². The monoisotopic (exact) mass is 424 g/mol. The molecule has 2 aromatic carbocycles. The van der Waals surface area contributed by atoms with Crippen molar-refractivity contribution in [1.29, 1.82) is 0 Å². The maximum Gasteiger partial charge on any atom is 0.269 e. The zero-order valence-electron chi connectivity index (χ0n) is 17.2. The molecule has 8 heteroatoms. The highest BCUT2D eigenvalue weighted by Crippen LogP contribution is 2.38. The Kier molecular flexibility index (Phi) is 5.99. The van der Waals surface area contributed by atoms with Gasteiger partial charge in [-0.25, -0.2) is 4.39 Å². The molecule has 4 rings (SSSR count). The van der Waals surface area contributed by atoms with Gasteiger partial charge in [-0.2, -0.15) is 0 Å². The third-order valence-electron chi connectivity index (χ3n) is 6.07. The molecule has 1 amide bonds. The van der Waals surface area contributed by atoms with Crippen LogP contribution in [0.1, 0.15) is 11.1 Å². The maximum absolute atomic E-state index is 13.2. The molecule has 2 heterocycles. The fraction of sp³-hybridized carbons (Fsp3) is 0.348. The molecule has 0 radical (unpaired) electrons. The highest BCUT2D eigenvalue weighted by atomic mass is 19.1. The Morgan fingerprint density at radius 2 is 2.03 bits per heavy atom. The third kappa shape index (κ3) is 4.44. The molecule has 2 atom stereocenters. The number of carbonyl (C=O) groups excluding carboxylic acids is 1. The van der Waals surface area contributed by atoms with Crippen molar-refractivity contribution in [2.45, 2.75) is 19.0 Å². The molecule has 7 nitrogen and oxygen atoms in total. The average Bonchev–Trinajstić information content (AvgIpc) is 2.77. The van der Waals surface area contributed by atoms with Crippen LogP contribution in [0.25, 0.3) is 0 Å². The van der Waals surface area contributed by atoms with Gasteiger partial charge in [-0.05, 0) is 35.7 Å².